The Kier molecular flexibility index (Phi) is 2.35. The molecule has 4 aromatic rings. The summed E-state index contributed by atoms with van der Waals surface area (Å²) in [5, 5.41) is 10.8. The maximum Gasteiger partial charge on any atom is 0.336 e. The lowest BCUT2D eigenvalue weighted by atomic mass is 10.1. The van der Waals surface area contributed by atoms with Crippen LogP contribution in [0.2, 0.25) is 0 Å². The van der Waals surface area contributed by atoms with Gasteiger partial charge in [0.25, 0.3) is 0 Å². The van der Waals surface area contributed by atoms with E-state index < -0.39 is 5.63 Å². The summed E-state index contributed by atoms with van der Waals surface area (Å²) in [6, 6.07) is 13.4. The molecule has 0 spiro atoms. The fourth-order valence-electron chi connectivity index (χ4n) is 2.26. The van der Waals surface area contributed by atoms with Crippen molar-refractivity contribution in [3.63, 3.8) is 0 Å². The highest BCUT2D eigenvalue weighted by Gasteiger charge is 2.14. The lowest BCUT2D eigenvalue weighted by molar-refractivity contribution is 0.472. The van der Waals surface area contributed by atoms with Crippen LogP contribution >= 0.6 is 0 Å². The first kappa shape index (κ1) is 11.7. The molecule has 4 rings (SSSR count). The molecular formula is C16H9NO4. The van der Waals surface area contributed by atoms with Crippen LogP contribution in [-0.4, -0.2) is 10.1 Å². The number of nitrogens with zero attached hydrogens (tertiary/aromatic N) is 1. The van der Waals surface area contributed by atoms with Gasteiger partial charge in [0.05, 0.1) is 5.56 Å². The minimum atomic E-state index is -0.462. The van der Waals surface area contributed by atoms with Gasteiger partial charge in [-0.25, -0.2) is 9.78 Å². The predicted molar refractivity (Wildman–Crippen MR) is 77.2 cm³/mol. The number of aromatic hydroxyl groups is 1. The number of hydrogen-bond acceptors (Lipinski definition) is 5. The molecule has 0 fully saturated rings. The molecule has 0 atom stereocenters. The first-order valence-electron chi connectivity index (χ1n) is 6.33. The second-order valence-electron chi connectivity index (χ2n) is 4.65. The van der Waals surface area contributed by atoms with Crippen molar-refractivity contribution in [3.8, 4) is 17.2 Å². The number of hydrogen-bond donors (Lipinski definition) is 1. The van der Waals surface area contributed by atoms with E-state index in [1.165, 1.54) is 12.1 Å². The molecule has 0 aliphatic heterocycles. The third-order valence-electron chi connectivity index (χ3n) is 3.26. The monoisotopic (exact) mass is 279 g/mol. The Morgan fingerprint density at radius 2 is 1.81 bits per heavy atom. The van der Waals surface area contributed by atoms with Crippen LogP contribution in [-0.2, 0) is 0 Å². The first-order chi connectivity index (χ1) is 10.2. The van der Waals surface area contributed by atoms with Gasteiger partial charge in [-0.2, -0.15) is 0 Å². The average molecular weight is 279 g/mol. The number of rotatable bonds is 1. The first-order valence-corrected chi connectivity index (χ1v) is 6.33. The summed E-state index contributed by atoms with van der Waals surface area (Å²) in [7, 11) is 0. The summed E-state index contributed by atoms with van der Waals surface area (Å²) in [6.07, 6.45) is 0. The van der Waals surface area contributed by atoms with Crippen molar-refractivity contribution in [1.82, 2.24) is 4.98 Å². The highest BCUT2D eigenvalue weighted by atomic mass is 16.4. The Morgan fingerprint density at radius 1 is 0.952 bits per heavy atom. The van der Waals surface area contributed by atoms with Crippen molar-refractivity contribution in [1.29, 1.82) is 0 Å². The third-order valence-corrected chi connectivity index (χ3v) is 3.26. The van der Waals surface area contributed by atoms with E-state index in [1.54, 1.807) is 12.1 Å². The molecule has 0 bridgehead atoms. The Morgan fingerprint density at radius 3 is 2.67 bits per heavy atom. The number of benzene rings is 2. The Labute approximate surface area is 118 Å². The summed E-state index contributed by atoms with van der Waals surface area (Å²) in [5.41, 5.74) is 1.67. The molecule has 2 aromatic heterocycles. The van der Waals surface area contributed by atoms with Crippen molar-refractivity contribution < 1.29 is 13.9 Å². The van der Waals surface area contributed by atoms with Gasteiger partial charge in [0.1, 0.15) is 16.8 Å². The topological polar surface area (TPSA) is 76.5 Å². The summed E-state index contributed by atoms with van der Waals surface area (Å²) < 4.78 is 10.7. The molecule has 0 radical (unpaired) electrons. The van der Waals surface area contributed by atoms with Crippen LogP contribution < -0.4 is 5.63 Å². The predicted octanol–water partition coefficient (Wildman–Crippen LogP) is 3.31. The Bertz CT molecular complexity index is 996. The van der Waals surface area contributed by atoms with E-state index >= 15 is 0 Å². The van der Waals surface area contributed by atoms with E-state index in [4.69, 9.17) is 8.83 Å². The molecule has 5 nitrogen and oxygen atoms in total. The number of aromatic nitrogens is 1. The number of phenolic OH excluding ortho intramolecular Hbond substituents is 1. The highest BCUT2D eigenvalue weighted by Crippen LogP contribution is 2.34. The zero-order chi connectivity index (χ0) is 14.4. The minimum Gasteiger partial charge on any atom is -0.507 e. The van der Waals surface area contributed by atoms with Crippen molar-refractivity contribution in [2.75, 3.05) is 0 Å². The number of para-hydroxylation sites is 2. The van der Waals surface area contributed by atoms with E-state index in [-0.39, 0.29) is 5.75 Å². The van der Waals surface area contributed by atoms with Gasteiger partial charge in [-0.15, -0.1) is 0 Å². The Hall–Kier alpha value is -3.08. The van der Waals surface area contributed by atoms with E-state index in [1.807, 2.05) is 24.3 Å². The lowest BCUT2D eigenvalue weighted by Crippen LogP contribution is -1.94. The van der Waals surface area contributed by atoms with Crippen LogP contribution in [0.5, 0.6) is 5.75 Å². The van der Waals surface area contributed by atoms with Gasteiger partial charge in [0.2, 0.25) is 5.89 Å². The zero-order valence-electron chi connectivity index (χ0n) is 10.7. The highest BCUT2D eigenvalue weighted by molar-refractivity contribution is 5.86. The molecule has 0 aliphatic carbocycles. The molecule has 0 amide bonds. The smallest absolute Gasteiger partial charge is 0.336 e. The normalized spacial score (nSPS) is 11.2. The van der Waals surface area contributed by atoms with Crippen LogP contribution in [0.25, 0.3) is 33.5 Å². The molecule has 1 N–H and O–H groups in total. The van der Waals surface area contributed by atoms with Gasteiger partial charge < -0.3 is 13.9 Å². The van der Waals surface area contributed by atoms with E-state index in [0.29, 0.717) is 33.5 Å². The average Bonchev–Trinajstić information content (AvgIpc) is 2.90. The van der Waals surface area contributed by atoms with Crippen molar-refractivity contribution in [3.05, 3.63) is 59.0 Å². The second-order valence-corrected chi connectivity index (χ2v) is 4.65. The third kappa shape index (κ3) is 1.87. The summed E-state index contributed by atoms with van der Waals surface area (Å²) in [4.78, 5) is 15.5. The van der Waals surface area contributed by atoms with Crippen molar-refractivity contribution >= 4 is 22.1 Å². The summed E-state index contributed by atoms with van der Waals surface area (Å²) >= 11 is 0. The van der Waals surface area contributed by atoms with E-state index in [2.05, 4.69) is 4.98 Å². The largest absolute Gasteiger partial charge is 0.507 e. The standard InChI is InChI=1S/C16H9NO4/c18-12-8-14-9(5-6-15(19)20-14)7-10(12)16-17-11-3-1-2-4-13(11)21-16/h1-8,18H. The van der Waals surface area contributed by atoms with Crippen LogP contribution in [0.1, 0.15) is 0 Å². The van der Waals surface area contributed by atoms with Crippen LogP contribution in [0.3, 0.4) is 0 Å². The molecule has 0 saturated heterocycles. The Balaban J connectivity index is 1.98. The zero-order valence-corrected chi connectivity index (χ0v) is 10.7. The maximum atomic E-state index is 11.2. The van der Waals surface area contributed by atoms with E-state index in [0.717, 1.165) is 0 Å². The van der Waals surface area contributed by atoms with Crippen molar-refractivity contribution in [2.24, 2.45) is 0 Å². The van der Waals surface area contributed by atoms with Crippen LogP contribution in [0, 0.1) is 0 Å². The minimum absolute atomic E-state index is 0.0524. The van der Waals surface area contributed by atoms with E-state index in [9.17, 15) is 9.90 Å². The van der Waals surface area contributed by atoms with Crippen LogP contribution in [0.15, 0.2) is 62.2 Å². The van der Waals surface area contributed by atoms with Gasteiger partial charge in [-0.3, -0.25) is 0 Å². The number of phenols is 1. The lowest BCUT2D eigenvalue weighted by Gasteiger charge is -2.02. The second kappa shape index (κ2) is 4.21. The molecule has 102 valence electrons. The van der Waals surface area contributed by atoms with Crippen LogP contribution in [0.4, 0.5) is 0 Å². The fraction of sp³-hybridized carbons (Fsp3) is 0. The fourth-order valence-corrected chi connectivity index (χ4v) is 2.26. The summed E-state index contributed by atoms with van der Waals surface area (Å²) in [6.45, 7) is 0. The number of fused-ring (bicyclic) bond motifs is 2. The molecule has 0 aliphatic rings. The molecule has 2 heterocycles. The molecule has 0 unspecified atom stereocenters. The number of oxazole rings is 1. The van der Waals surface area contributed by atoms with Gasteiger partial charge in [0, 0.05) is 17.5 Å². The molecule has 5 heteroatoms. The van der Waals surface area contributed by atoms with Gasteiger partial charge in [0.15, 0.2) is 5.58 Å². The van der Waals surface area contributed by atoms with Crippen molar-refractivity contribution in [2.45, 2.75) is 0 Å². The molecule has 21 heavy (non-hydrogen) atoms. The summed E-state index contributed by atoms with van der Waals surface area (Å²) in [5.74, 6) is 0.269. The van der Waals surface area contributed by atoms with Gasteiger partial charge in [-0.1, -0.05) is 12.1 Å². The van der Waals surface area contributed by atoms with Gasteiger partial charge >= 0.3 is 5.63 Å². The quantitative estimate of drug-likeness (QED) is 0.541. The maximum absolute atomic E-state index is 11.2. The molecular weight excluding hydrogens is 270 g/mol. The molecule has 0 saturated carbocycles. The SMILES string of the molecule is O=c1ccc2cc(-c3nc4ccccc4o3)c(O)cc2o1. The molecule has 2 aromatic carbocycles. The van der Waals surface area contributed by atoms with Gasteiger partial charge in [-0.05, 0) is 24.3 Å².